The molecule has 5 N–H and O–H groups in total. The Hall–Kier alpha value is -1.51. The number of nitrogens with two attached hydrogens (primary N) is 2. The Morgan fingerprint density at radius 3 is 2.47 bits per heavy atom. The zero-order valence-electron chi connectivity index (χ0n) is 10.3. The molecule has 0 aromatic heterocycles. The summed E-state index contributed by atoms with van der Waals surface area (Å²) >= 11 is 4.81. The van der Waals surface area contributed by atoms with E-state index < -0.39 is 22.0 Å². The van der Waals surface area contributed by atoms with E-state index in [1.54, 1.807) is 19.1 Å². The van der Waals surface area contributed by atoms with Gasteiger partial charge in [0.25, 0.3) is 0 Å². The second-order valence-corrected chi connectivity index (χ2v) is 6.18. The highest BCUT2D eigenvalue weighted by atomic mass is 32.2. The number of amides is 1. The highest BCUT2D eigenvalue weighted by Gasteiger charge is 2.22. The van der Waals surface area contributed by atoms with Crippen LogP contribution in [0, 0.1) is 0 Å². The molecule has 0 aliphatic heterocycles. The first-order chi connectivity index (χ1) is 8.74. The number of hydrogen-bond acceptors (Lipinski definition) is 4. The van der Waals surface area contributed by atoms with Crippen molar-refractivity contribution in [2.24, 2.45) is 11.5 Å². The zero-order chi connectivity index (χ0) is 14.6. The Kier molecular flexibility index (Phi) is 4.98. The second kappa shape index (κ2) is 6.09. The summed E-state index contributed by atoms with van der Waals surface area (Å²) in [7, 11) is -3.81. The Balaban J connectivity index is 3.07. The predicted octanol–water partition coefficient (Wildman–Crippen LogP) is -0.137. The Bertz CT molecular complexity index is 599. The summed E-state index contributed by atoms with van der Waals surface area (Å²) in [4.78, 5) is 10.7. The lowest BCUT2D eigenvalue weighted by Gasteiger charge is -2.14. The molecule has 0 radical (unpaired) electrons. The van der Waals surface area contributed by atoms with Crippen molar-refractivity contribution in [2.45, 2.75) is 24.3 Å². The Morgan fingerprint density at radius 2 is 1.95 bits per heavy atom. The fourth-order valence-corrected chi connectivity index (χ4v) is 3.28. The van der Waals surface area contributed by atoms with E-state index in [1.807, 2.05) is 0 Å². The molecule has 1 aromatic rings. The summed E-state index contributed by atoms with van der Waals surface area (Å²) < 4.78 is 26.7. The van der Waals surface area contributed by atoms with Gasteiger partial charge in [0.1, 0.15) is 4.99 Å². The van der Waals surface area contributed by atoms with E-state index in [4.69, 9.17) is 23.7 Å². The lowest BCUT2D eigenvalue weighted by molar-refractivity contribution is -0.118. The van der Waals surface area contributed by atoms with Gasteiger partial charge in [-0.3, -0.25) is 4.79 Å². The maximum absolute atomic E-state index is 12.2. The van der Waals surface area contributed by atoms with Crippen molar-refractivity contribution in [1.29, 1.82) is 0 Å². The van der Waals surface area contributed by atoms with Gasteiger partial charge < -0.3 is 11.5 Å². The molecule has 0 fully saturated rings. The van der Waals surface area contributed by atoms with E-state index in [9.17, 15) is 13.2 Å². The van der Waals surface area contributed by atoms with Gasteiger partial charge in [-0.1, -0.05) is 30.4 Å². The number of rotatable bonds is 6. The summed E-state index contributed by atoms with van der Waals surface area (Å²) in [6, 6.07) is 5.51. The molecular formula is C11H15N3O3S2. The maximum Gasteiger partial charge on any atom is 0.241 e. The fourth-order valence-electron chi connectivity index (χ4n) is 1.58. The van der Waals surface area contributed by atoms with Crippen LogP contribution in [-0.2, 0) is 14.8 Å². The summed E-state index contributed by atoms with van der Waals surface area (Å²) in [5, 5.41) is 0. The van der Waals surface area contributed by atoms with Gasteiger partial charge in [0.2, 0.25) is 15.9 Å². The lowest BCUT2D eigenvalue weighted by Crippen LogP contribution is -2.36. The van der Waals surface area contributed by atoms with Gasteiger partial charge >= 0.3 is 0 Å². The van der Waals surface area contributed by atoms with Gasteiger partial charge in [0.15, 0.2) is 0 Å². The van der Waals surface area contributed by atoms with Crippen molar-refractivity contribution in [3.8, 4) is 0 Å². The predicted molar refractivity (Wildman–Crippen MR) is 75.9 cm³/mol. The van der Waals surface area contributed by atoms with Crippen LogP contribution in [0.1, 0.15) is 18.9 Å². The zero-order valence-corrected chi connectivity index (χ0v) is 11.9. The molecular weight excluding hydrogens is 286 g/mol. The van der Waals surface area contributed by atoms with Crippen molar-refractivity contribution in [2.75, 3.05) is 0 Å². The van der Waals surface area contributed by atoms with Crippen LogP contribution < -0.4 is 16.2 Å². The first-order valence-corrected chi connectivity index (χ1v) is 7.32. The molecule has 19 heavy (non-hydrogen) atoms. The first-order valence-electron chi connectivity index (χ1n) is 5.43. The van der Waals surface area contributed by atoms with Gasteiger partial charge in [-0.05, 0) is 13.0 Å². The molecule has 0 saturated carbocycles. The van der Waals surface area contributed by atoms with E-state index >= 15 is 0 Å². The summed E-state index contributed by atoms with van der Waals surface area (Å²) in [5.41, 5.74) is 10.8. The van der Waals surface area contributed by atoms with Crippen LogP contribution in [-0.4, -0.2) is 25.4 Å². The summed E-state index contributed by atoms with van der Waals surface area (Å²) in [6.45, 7) is 1.55. The SMILES string of the molecule is CC(CC(N)=O)NS(=O)(=O)c1ccccc1C(N)=S. The third-order valence-electron chi connectivity index (χ3n) is 2.31. The topological polar surface area (TPSA) is 115 Å². The lowest BCUT2D eigenvalue weighted by atomic mass is 10.2. The van der Waals surface area contributed by atoms with E-state index in [-0.39, 0.29) is 21.9 Å². The fraction of sp³-hybridized carbons (Fsp3) is 0.273. The molecule has 0 heterocycles. The van der Waals surface area contributed by atoms with Crippen LogP contribution in [0.4, 0.5) is 0 Å². The normalized spacial score (nSPS) is 12.9. The molecule has 1 atom stereocenters. The molecule has 0 aliphatic carbocycles. The van der Waals surface area contributed by atoms with Crippen molar-refractivity contribution in [1.82, 2.24) is 4.72 Å². The molecule has 0 bridgehead atoms. The van der Waals surface area contributed by atoms with Crippen molar-refractivity contribution in [3.05, 3.63) is 29.8 Å². The smallest absolute Gasteiger partial charge is 0.241 e. The van der Waals surface area contributed by atoms with Gasteiger partial charge in [0.05, 0.1) is 4.90 Å². The second-order valence-electron chi connectivity index (χ2n) is 4.05. The van der Waals surface area contributed by atoms with Gasteiger partial charge in [0, 0.05) is 18.0 Å². The van der Waals surface area contributed by atoms with Crippen LogP contribution in [0.2, 0.25) is 0 Å². The number of benzene rings is 1. The number of sulfonamides is 1. The van der Waals surface area contributed by atoms with Crippen LogP contribution >= 0.6 is 12.2 Å². The first kappa shape index (κ1) is 15.5. The van der Waals surface area contributed by atoms with Gasteiger partial charge in [-0.2, -0.15) is 0 Å². The standard InChI is InChI=1S/C11H15N3O3S2/c1-7(6-10(12)15)14-19(16,17)9-5-3-2-4-8(9)11(13)18/h2-5,7,14H,6H2,1H3,(H2,12,15)(H2,13,18). The number of carbonyl (C=O) groups excluding carboxylic acids is 1. The highest BCUT2D eigenvalue weighted by molar-refractivity contribution is 7.89. The molecule has 8 heteroatoms. The molecule has 0 aliphatic rings. The summed E-state index contributed by atoms with van der Waals surface area (Å²) in [6.07, 6.45) is -0.0888. The third-order valence-corrected chi connectivity index (χ3v) is 4.17. The number of nitrogens with one attached hydrogen (secondary N) is 1. The quantitative estimate of drug-likeness (QED) is 0.633. The molecule has 1 rings (SSSR count). The van der Waals surface area contributed by atoms with E-state index in [1.165, 1.54) is 12.1 Å². The van der Waals surface area contributed by atoms with E-state index in [2.05, 4.69) is 4.72 Å². The molecule has 6 nitrogen and oxygen atoms in total. The van der Waals surface area contributed by atoms with E-state index in [0.29, 0.717) is 0 Å². The Labute approximate surface area is 117 Å². The molecule has 1 amide bonds. The monoisotopic (exact) mass is 301 g/mol. The number of thiocarbonyl (C=S) groups is 1. The summed E-state index contributed by atoms with van der Waals surface area (Å²) in [5.74, 6) is -0.585. The van der Waals surface area contributed by atoms with Crippen LogP contribution in [0.3, 0.4) is 0 Å². The average molecular weight is 301 g/mol. The highest BCUT2D eigenvalue weighted by Crippen LogP contribution is 2.15. The minimum absolute atomic E-state index is 0.0106. The number of hydrogen-bond donors (Lipinski definition) is 3. The number of carbonyl (C=O) groups is 1. The molecule has 1 unspecified atom stereocenters. The molecule has 0 spiro atoms. The van der Waals surface area contributed by atoms with E-state index in [0.717, 1.165) is 0 Å². The van der Waals surface area contributed by atoms with Crippen molar-refractivity contribution >= 4 is 33.1 Å². The third kappa shape index (κ3) is 4.27. The van der Waals surface area contributed by atoms with Crippen molar-refractivity contribution in [3.63, 3.8) is 0 Å². The maximum atomic E-state index is 12.2. The van der Waals surface area contributed by atoms with Gasteiger partial charge in [-0.25, -0.2) is 13.1 Å². The molecule has 104 valence electrons. The van der Waals surface area contributed by atoms with Crippen LogP contribution in [0.5, 0.6) is 0 Å². The minimum Gasteiger partial charge on any atom is -0.389 e. The minimum atomic E-state index is -3.81. The van der Waals surface area contributed by atoms with Crippen LogP contribution in [0.25, 0.3) is 0 Å². The average Bonchev–Trinajstić information content (AvgIpc) is 2.26. The van der Waals surface area contributed by atoms with Crippen LogP contribution in [0.15, 0.2) is 29.2 Å². The largest absolute Gasteiger partial charge is 0.389 e. The molecule has 0 saturated heterocycles. The van der Waals surface area contributed by atoms with Gasteiger partial charge in [-0.15, -0.1) is 0 Å². The molecule has 1 aromatic carbocycles. The number of primary amides is 1. The Morgan fingerprint density at radius 1 is 1.37 bits per heavy atom. The van der Waals surface area contributed by atoms with Crippen molar-refractivity contribution < 1.29 is 13.2 Å².